The highest BCUT2D eigenvalue weighted by Gasteiger charge is 2.16. The lowest BCUT2D eigenvalue weighted by molar-refractivity contribution is 0.394. The predicted molar refractivity (Wildman–Crippen MR) is 72.4 cm³/mol. The van der Waals surface area contributed by atoms with E-state index in [1.165, 1.54) is 32.1 Å². The van der Waals surface area contributed by atoms with E-state index in [1.54, 1.807) is 0 Å². The molecule has 17 heavy (non-hydrogen) atoms. The van der Waals surface area contributed by atoms with Gasteiger partial charge in [-0.3, -0.25) is 0 Å². The van der Waals surface area contributed by atoms with Crippen molar-refractivity contribution < 1.29 is 4.52 Å². The molecule has 0 spiro atoms. The van der Waals surface area contributed by atoms with Crippen molar-refractivity contribution in [3.63, 3.8) is 0 Å². The van der Waals surface area contributed by atoms with Crippen molar-refractivity contribution in [1.29, 1.82) is 0 Å². The third-order valence-corrected chi connectivity index (χ3v) is 3.54. The van der Waals surface area contributed by atoms with E-state index in [2.05, 4.69) is 31.2 Å². The number of anilines is 1. The summed E-state index contributed by atoms with van der Waals surface area (Å²) in [5, 5.41) is 7.16. The van der Waals surface area contributed by atoms with E-state index in [1.807, 2.05) is 13.1 Å². The molecule has 0 amide bonds. The Morgan fingerprint density at radius 3 is 2.59 bits per heavy atom. The molecule has 98 valence electrons. The largest absolute Gasteiger partial charge is 0.357 e. The summed E-state index contributed by atoms with van der Waals surface area (Å²) in [6.07, 6.45) is 6.17. The first-order chi connectivity index (χ1) is 8.21. The molecule has 1 N–H and O–H groups in total. The Kier molecular flexibility index (Phi) is 6.09. The summed E-state index contributed by atoms with van der Waals surface area (Å²) in [5.41, 5.74) is 1.11. The monoisotopic (exact) mass is 238 g/mol. The second kappa shape index (κ2) is 7.36. The van der Waals surface area contributed by atoms with Crippen LogP contribution < -0.4 is 5.32 Å². The maximum absolute atomic E-state index is 5.21. The minimum absolute atomic E-state index is 0.555. The maximum atomic E-state index is 5.21. The second-order valence-corrected chi connectivity index (χ2v) is 4.94. The van der Waals surface area contributed by atoms with Gasteiger partial charge in [0.1, 0.15) is 0 Å². The molecule has 1 heterocycles. The molecular weight excluding hydrogens is 212 g/mol. The van der Waals surface area contributed by atoms with Crippen molar-refractivity contribution in [2.75, 3.05) is 12.4 Å². The molecule has 0 saturated heterocycles. The first-order valence-electron chi connectivity index (χ1n) is 6.85. The van der Waals surface area contributed by atoms with Crippen molar-refractivity contribution in [2.45, 2.75) is 58.8 Å². The van der Waals surface area contributed by atoms with Gasteiger partial charge in [-0.1, -0.05) is 45.2 Å². The van der Waals surface area contributed by atoms with Gasteiger partial charge in [-0.2, -0.15) is 0 Å². The van der Waals surface area contributed by atoms with Crippen LogP contribution in [0.2, 0.25) is 0 Å². The average molecular weight is 238 g/mol. The standard InChI is InChI=1S/C14H26N2O/c1-5-7-12(9-8-11(3)6-2)13-10-14(15-4)17-16-13/h10-12,15H,5-9H2,1-4H3. The Labute approximate surface area is 105 Å². The van der Waals surface area contributed by atoms with Crippen molar-refractivity contribution >= 4 is 5.88 Å². The van der Waals surface area contributed by atoms with Gasteiger partial charge in [0, 0.05) is 19.0 Å². The zero-order valence-corrected chi connectivity index (χ0v) is 11.6. The van der Waals surface area contributed by atoms with Crippen LogP contribution in [0.4, 0.5) is 5.88 Å². The van der Waals surface area contributed by atoms with Crippen LogP contribution in [0, 0.1) is 5.92 Å². The lowest BCUT2D eigenvalue weighted by atomic mass is 9.90. The minimum Gasteiger partial charge on any atom is -0.357 e. The molecule has 0 fully saturated rings. The van der Waals surface area contributed by atoms with Gasteiger partial charge in [0.05, 0.1) is 5.69 Å². The Hall–Kier alpha value is -0.990. The van der Waals surface area contributed by atoms with Crippen LogP contribution in [-0.4, -0.2) is 12.2 Å². The molecule has 0 aliphatic heterocycles. The van der Waals surface area contributed by atoms with E-state index in [0.29, 0.717) is 5.92 Å². The smallest absolute Gasteiger partial charge is 0.224 e. The third-order valence-electron chi connectivity index (χ3n) is 3.54. The second-order valence-electron chi connectivity index (χ2n) is 4.94. The molecular formula is C14H26N2O. The van der Waals surface area contributed by atoms with Crippen molar-refractivity contribution in [2.24, 2.45) is 5.92 Å². The van der Waals surface area contributed by atoms with Crippen LogP contribution in [0.3, 0.4) is 0 Å². The molecule has 3 nitrogen and oxygen atoms in total. The van der Waals surface area contributed by atoms with Gasteiger partial charge >= 0.3 is 0 Å². The van der Waals surface area contributed by atoms with Crippen LogP contribution in [0.15, 0.2) is 10.6 Å². The van der Waals surface area contributed by atoms with Crippen LogP contribution in [-0.2, 0) is 0 Å². The fourth-order valence-corrected chi connectivity index (χ4v) is 2.08. The number of nitrogens with one attached hydrogen (secondary N) is 1. The lowest BCUT2D eigenvalue weighted by Crippen LogP contribution is -2.02. The van der Waals surface area contributed by atoms with E-state index in [-0.39, 0.29) is 0 Å². The van der Waals surface area contributed by atoms with Gasteiger partial charge < -0.3 is 9.84 Å². The first-order valence-corrected chi connectivity index (χ1v) is 6.85. The highest BCUT2D eigenvalue weighted by atomic mass is 16.5. The number of aromatic nitrogens is 1. The van der Waals surface area contributed by atoms with Crippen molar-refractivity contribution in [1.82, 2.24) is 5.16 Å². The molecule has 2 atom stereocenters. The van der Waals surface area contributed by atoms with Gasteiger partial charge in [0.15, 0.2) is 0 Å². The summed E-state index contributed by atoms with van der Waals surface area (Å²) < 4.78 is 5.21. The zero-order chi connectivity index (χ0) is 12.7. The molecule has 3 heteroatoms. The van der Waals surface area contributed by atoms with Gasteiger partial charge in [-0.15, -0.1) is 0 Å². The summed E-state index contributed by atoms with van der Waals surface area (Å²) in [6, 6.07) is 2.04. The summed E-state index contributed by atoms with van der Waals surface area (Å²) in [6.45, 7) is 6.81. The molecule has 0 aliphatic rings. The predicted octanol–water partition coefficient (Wildman–Crippen LogP) is 4.43. The number of hydrogen-bond donors (Lipinski definition) is 1. The SMILES string of the molecule is CCCC(CCC(C)CC)c1cc(NC)on1. The third kappa shape index (κ3) is 4.41. The molecule has 1 rings (SSSR count). The number of rotatable bonds is 8. The van der Waals surface area contributed by atoms with Crippen LogP contribution in [0.5, 0.6) is 0 Å². The highest BCUT2D eigenvalue weighted by molar-refractivity contribution is 5.31. The molecule has 0 bridgehead atoms. The van der Waals surface area contributed by atoms with Gasteiger partial charge in [0.25, 0.3) is 0 Å². The van der Waals surface area contributed by atoms with Crippen LogP contribution >= 0.6 is 0 Å². The van der Waals surface area contributed by atoms with Gasteiger partial charge in [-0.05, 0) is 18.8 Å². The molecule has 2 unspecified atom stereocenters. The van der Waals surface area contributed by atoms with E-state index in [9.17, 15) is 0 Å². The molecule has 0 aliphatic carbocycles. The normalized spacial score (nSPS) is 14.6. The minimum atomic E-state index is 0.555. The first kappa shape index (κ1) is 14.1. The van der Waals surface area contributed by atoms with E-state index < -0.39 is 0 Å². The average Bonchev–Trinajstić information content (AvgIpc) is 2.82. The topological polar surface area (TPSA) is 38.1 Å². The Morgan fingerprint density at radius 2 is 2.06 bits per heavy atom. The van der Waals surface area contributed by atoms with Crippen molar-refractivity contribution in [3.8, 4) is 0 Å². The van der Waals surface area contributed by atoms with E-state index in [4.69, 9.17) is 4.52 Å². The fourth-order valence-electron chi connectivity index (χ4n) is 2.08. The summed E-state index contributed by atoms with van der Waals surface area (Å²) in [4.78, 5) is 0. The Bertz CT molecular complexity index is 309. The quantitative estimate of drug-likeness (QED) is 0.728. The highest BCUT2D eigenvalue weighted by Crippen LogP contribution is 2.29. The molecule has 0 saturated carbocycles. The Balaban J connectivity index is 2.58. The van der Waals surface area contributed by atoms with Crippen LogP contribution in [0.25, 0.3) is 0 Å². The van der Waals surface area contributed by atoms with Gasteiger partial charge in [-0.25, -0.2) is 0 Å². The molecule has 0 aromatic carbocycles. The summed E-state index contributed by atoms with van der Waals surface area (Å²) in [7, 11) is 1.86. The zero-order valence-electron chi connectivity index (χ0n) is 11.6. The maximum Gasteiger partial charge on any atom is 0.224 e. The fraction of sp³-hybridized carbons (Fsp3) is 0.786. The van der Waals surface area contributed by atoms with Gasteiger partial charge in [0.2, 0.25) is 5.88 Å². The van der Waals surface area contributed by atoms with E-state index >= 15 is 0 Å². The molecule has 1 aromatic heterocycles. The molecule has 0 radical (unpaired) electrons. The Morgan fingerprint density at radius 1 is 1.29 bits per heavy atom. The number of nitrogens with zero attached hydrogens (tertiary/aromatic N) is 1. The number of hydrogen-bond acceptors (Lipinski definition) is 3. The van der Waals surface area contributed by atoms with E-state index in [0.717, 1.165) is 17.5 Å². The lowest BCUT2D eigenvalue weighted by Gasteiger charge is -2.15. The summed E-state index contributed by atoms with van der Waals surface area (Å²) in [5.74, 6) is 2.13. The van der Waals surface area contributed by atoms with Crippen LogP contribution in [0.1, 0.15) is 64.5 Å². The summed E-state index contributed by atoms with van der Waals surface area (Å²) >= 11 is 0. The molecule has 1 aromatic rings. The van der Waals surface area contributed by atoms with Crippen molar-refractivity contribution in [3.05, 3.63) is 11.8 Å².